The van der Waals surface area contributed by atoms with Gasteiger partial charge in [-0.15, -0.1) is 0 Å². The fraction of sp³-hybridized carbons (Fsp3) is 0.571. The van der Waals surface area contributed by atoms with Crippen molar-refractivity contribution in [1.82, 2.24) is 0 Å². The SMILES string of the molecule is CC(C)(C)C1=NC=C1O. The van der Waals surface area contributed by atoms with Crippen LogP contribution in [-0.4, -0.2) is 10.8 Å². The molecule has 50 valence electrons. The van der Waals surface area contributed by atoms with E-state index in [2.05, 4.69) is 4.99 Å². The van der Waals surface area contributed by atoms with Gasteiger partial charge in [0.05, 0.1) is 11.9 Å². The van der Waals surface area contributed by atoms with Gasteiger partial charge >= 0.3 is 0 Å². The minimum Gasteiger partial charge on any atom is -0.504 e. The van der Waals surface area contributed by atoms with E-state index in [1.165, 1.54) is 6.20 Å². The molecule has 0 saturated heterocycles. The van der Waals surface area contributed by atoms with Crippen LogP contribution in [0.4, 0.5) is 0 Å². The summed E-state index contributed by atoms with van der Waals surface area (Å²) in [5.74, 6) is 0.336. The molecule has 0 radical (unpaired) electrons. The second-order valence-corrected chi connectivity index (χ2v) is 3.24. The number of hydrogen-bond acceptors (Lipinski definition) is 2. The van der Waals surface area contributed by atoms with Gasteiger partial charge < -0.3 is 5.11 Å². The lowest BCUT2D eigenvalue weighted by Gasteiger charge is -2.23. The molecule has 1 aliphatic rings. The molecule has 0 aromatic rings. The summed E-state index contributed by atoms with van der Waals surface area (Å²) < 4.78 is 0. The molecule has 0 aliphatic carbocycles. The highest BCUT2D eigenvalue weighted by Gasteiger charge is 2.25. The van der Waals surface area contributed by atoms with Gasteiger partial charge in [-0.05, 0) is 0 Å². The van der Waals surface area contributed by atoms with Crippen molar-refractivity contribution in [1.29, 1.82) is 0 Å². The number of allylic oxidation sites excluding steroid dienone is 1. The Labute approximate surface area is 54.9 Å². The lowest BCUT2D eigenvalue weighted by Crippen LogP contribution is -2.25. The zero-order valence-electron chi connectivity index (χ0n) is 5.97. The van der Waals surface area contributed by atoms with Crippen LogP contribution in [0.3, 0.4) is 0 Å². The third-order valence-electron chi connectivity index (χ3n) is 1.27. The first-order valence-electron chi connectivity index (χ1n) is 2.99. The van der Waals surface area contributed by atoms with Gasteiger partial charge in [0, 0.05) is 5.41 Å². The highest BCUT2D eigenvalue weighted by Crippen LogP contribution is 2.24. The third kappa shape index (κ3) is 0.969. The summed E-state index contributed by atoms with van der Waals surface area (Å²) in [7, 11) is 0. The topological polar surface area (TPSA) is 32.6 Å². The van der Waals surface area contributed by atoms with Gasteiger partial charge in [0.15, 0.2) is 5.76 Å². The number of aliphatic hydroxyl groups is 1. The fourth-order valence-electron chi connectivity index (χ4n) is 0.765. The van der Waals surface area contributed by atoms with Gasteiger partial charge in [-0.3, -0.25) is 4.99 Å². The number of nitrogens with zero attached hydrogens (tertiary/aromatic N) is 1. The average molecular weight is 125 g/mol. The molecule has 1 aliphatic heterocycles. The number of rotatable bonds is 0. The molecule has 0 saturated carbocycles. The standard InChI is InChI=1S/C7H11NO/c1-7(2,3)6-5(9)4-8-6/h4,9H,1-3H3. The average Bonchev–Trinajstić information content (AvgIpc) is 1.57. The molecular formula is C7H11NO. The maximum Gasteiger partial charge on any atom is 0.155 e. The van der Waals surface area contributed by atoms with Crippen molar-refractivity contribution in [2.24, 2.45) is 10.4 Å². The Morgan fingerprint density at radius 1 is 1.44 bits per heavy atom. The van der Waals surface area contributed by atoms with Crippen molar-refractivity contribution in [2.45, 2.75) is 20.8 Å². The minimum absolute atomic E-state index is 0.00116. The zero-order valence-corrected chi connectivity index (χ0v) is 5.97. The molecule has 0 unspecified atom stereocenters. The van der Waals surface area contributed by atoms with E-state index in [0.29, 0.717) is 5.76 Å². The molecule has 2 heteroatoms. The molecule has 1 N–H and O–H groups in total. The normalized spacial score (nSPS) is 18.1. The molecule has 0 aromatic carbocycles. The zero-order chi connectivity index (χ0) is 7.07. The number of aliphatic imine (C=N–C) groups is 1. The van der Waals surface area contributed by atoms with Crippen molar-refractivity contribution in [2.75, 3.05) is 0 Å². The summed E-state index contributed by atoms with van der Waals surface area (Å²) >= 11 is 0. The molecule has 0 fully saturated rings. The van der Waals surface area contributed by atoms with Crippen molar-refractivity contribution >= 4 is 5.71 Å². The van der Waals surface area contributed by atoms with Crippen LogP contribution in [0.5, 0.6) is 0 Å². The Balaban J connectivity index is 2.68. The quantitative estimate of drug-likeness (QED) is 0.526. The maximum atomic E-state index is 8.97. The van der Waals surface area contributed by atoms with Gasteiger partial charge in [-0.25, -0.2) is 0 Å². The molecule has 1 rings (SSSR count). The van der Waals surface area contributed by atoms with Crippen molar-refractivity contribution in [3.05, 3.63) is 12.0 Å². The second-order valence-electron chi connectivity index (χ2n) is 3.24. The molecule has 1 heterocycles. The van der Waals surface area contributed by atoms with E-state index in [1.807, 2.05) is 20.8 Å². The van der Waals surface area contributed by atoms with E-state index in [1.54, 1.807) is 0 Å². The largest absolute Gasteiger partial charge is 0.504 e. The Morgan fingerprint density at radius 3 is 2.00 bits per heavy atom. The Bertz CT molecular complexity index is 184. The van der Waals surface area contributed by atoms with Crippen LogP contribution < -0.4 is 0 Å². The van der Waals surface area contributed by atoms with E-state index >= 15 is 0 Å². The van der Waals surface area contributed by atoms with Crippen LogP contribution in [0, 0.1) is 5.41 Å². The molecule has 0 amide bonds. The van der Waals surface area contributed by atoms with Crippen LogP contribution in [0.1, 0.15) is 20.8 Å². The van der Waals surface area contributed by atoms with E-state index in [4.69, 9.17) is 5.11 Å². The summed E-state index contributed by atoms with van der Waals surface area (Å²) in [4.78, 5) is 3.93. The molecule has 0 bridgehead atoms. The van der Waals surface area contributed by atoms with Crippen LogP contribution in [0.25, 0.3) is 0 Å². The second kappa shape index (κ2) is 1.59. The van der Waals surface area contributed by atoms with Gasteiger partial charge in [0.2, 0.25) is 0 Å². The number of aliphatic hydroxyl groups excluding tert-OH is 1. The van der Waals surface area contributed by atoms with Gasteiger partial charge in [0.25, 0.3) is 0 Å². The maximum absolute atomic E-state index is 8.97. The van der Waals surface area contributed by atoms with E-state index in [0.717, 1.165) is 5.71 Å². The van der Waals surface area contributed by atoms with Crippen LogP contribution in [-0.2, 0) is 0 Å². The Kier molecular flexibility index (Phi) is 1.12. The third-order valence-corrected chi connectivity index (χ3v) is 1.27. The van der Waals surface area contributed by atoms with Crippen LogP contribution in [0.2, 0.25) is 0 Å². The van der Waals surface area contributed by atoms with Gasteiger partial charge in [-0.2, -0.15) is 0 Å². The van der Waals surface area contributed by atoms with Crippen molar-refractivity contribution in [3.8, 4) is 0 Å². The first-order chi connectivity index (χ1) is 4.02. The van der Waals surface area contributed by atoms with E-state index in [-0.39, 0.29) is 5.41 Å². The minimum atomic E-state index is -0.00116. The van der Waals surface area contributed by atoms with Gasteiger partial charge in [0.1, 0.15) is 0 Å². The summed E-state index contributed by atoms with van der Waals surface area (Å²) in [5, 5.41) is 8.97. The van der Waals surface area contributed by atoms with E-state index < -0.39 is 0 Å². The summed E-state index contributed by atoms with van der Waals surface area (Å²) in [6, 6.07) is 0. The van der Waals surface area contributed by atoms with Gasteiger partial charge in [-0.1, -0.05) is 20.8 Å². The summed E-state index contributed by atoms with van der Waals surface area (Å²) in [6.45, 7) is 6.07. The van der Waals surface area contributed by atoms with Crippen molar-refractivity contribution < 1.29 is 5.11 Å². The lowest BCUT2D eigenvalue weighted by molar-refractivity contribution is 0.415. The predicted molar refractivity (Wildman–Crippen MR) is 37.6 cm³/mol. The first kappa shape index (κ1) is 6.33. The molecule has 9 heavy (non-hydrogen) atoms. The summed E-state index contributed by atoms with van der Waals surface area (Å²) in [5.41, 5.74) is 0.807. The molecule has 2 nitrogen and oxygen atoms in total. The van der Waals surface area contributed by atoms with Crippen LogP contribution >= 0.6 is 0 Å². The monoisotopic (exact) mass is 125 g/mol. The highest BCUT2D eigenvalue weighted by molar-refractivity contribution is 6.05. The smallest absolute Gasteiger partial charge is 0.155 e. The number of hydrogen-bond donors (Lipinski definition) is 1. The Hall–Kier alpha value is -0.790. The fourth-order valence-corrected chi connectivity index (χ4v) is 0.765. The molecular weight excluding hydrogens is 114 g/mol. The van der Waals surface area contributed by atoms with Crippen molar-refractivity contribution in [3.63, 3.8) is 0 Å². The highest BCUT2D eigenvalue weighted by atomic mass is 16.3. The first-order valence-corrected chi connectivity index (χ1v) is 2.99. The molecule has 0 spiro atoms. The molecule has 0 aromatic heterocycles. The summed E-state index contributed by atoms with van der Waals surface area (Å²) in [6.07, 6.45) is 1.47. The predicted octanol–water partition coefficient (Wildman–Crippen LogP) is 1.89. The van der Waals surface area contributed by atoms with Crippen LogP contribution in [0.15, 0.2) is 17.0 Å². The Morgan fingerprint density at radius 2 is 2.00 bits per heavy atom. The van der Waals surface area contributed by atoms with E-state index in [9.17, 15) is 0 Å². The molecule has 0 atom stereocenters. The lowest BCUT2D eigenvalue weighted by atomic mass is 9.87.